The van der Waals surface area contributed by atoms with Gasteiger partial charge in [-0.1, -0.05) is 36.5 Å². The van der Waals surface area contributed by atoms with Crippen LogP contribution in [0.1, 0.15) is 16.7 Å². The monoisotopic (exact) mass is 310 g/mol. The van der Waals surface area contributed by atoms with Crippen molar-refractivity contribution in [3.05, 3.63) is 65.2 Å². The minimum absolute atomic E-state index is 0.238. The molecule has 0 saturated carbocycles. The molecule has 0 aliphatic heterocycles. The Morgan fingerprint density at radius 1 is 1.10 bits per heavy atom. The average molecular weight is 310 g/mol. The lowest BCUT2D eigenvalue weighted by molar-refractivity contribution is -0.137. The fraction of sp³-hybridized carbons (Fsp3) is 0.133. The molecular weight excluding hydrogens is 297 g/mol. The number of rotatable bonds is 4. The van der Waals surface area contributed by atoms with Gasteiger partial charge in [-0.2, -0.15) is 13.2 Å². The van der Waals surface area contributed by atoms with Gasteiger partial charge in [0.05, 0.1) is 5.56 Å². The van der Waals surface area contributed by atoms with Crippen molar-refractivity contribution in [2.45, 2.75) is 12.7 Å². The second kappa shape index (κ2) is 6.13. The van der Waals surface area contributed by atoms with E-state index in [4.69, 9.17) is 18.0 Å². The van der Waals surface area contributed by atoms with Crippen LogP contribution in [0, 0.1) is 0 Å². The van der Waals surface area contributed by atoms with Crippen molar-refractivity contribution in [3.63, 3.8) is 0 Å². The molecule has 0 aromatic heterocycles. The van der Waals surface area contributed by atoms with Gasteiger partial charge in [0.25, 0.3) is 0 Å². The molecule has 21 heavy (non-hydrogen) atoms. The number of alkyl halides is 3. The molecule has 6 heteroatoms. The molecule has 2 aromatic rings. The zero-order chi connectivity index (χ0) is 15.5. The minimum Gasteiger partial charge on any atom is -0.389 e. The van der Waals surface area contributed by atoms with E-state index in [1.807, 2.05) is 0 Å². The number of thiocarbonyl (C=S) groups is 1. The van der Waals surface area contributed by atoms with Gasteiger partial charge >= 0.3 is 6.18 Å². The first-order valence-electron chi connectivity index (χ1n) is 6.17. The van der Waals surface area contributed by atoms with E-state index in [0.717, 1.165) is 12.1 Å². The number of hydrogen-bond donors (Lipinski definition) is 2. The van der Waals surface area contributed by atoms with Crippen LogP contribution in [0.4, 0.5) is 18.9 Å². The van der Waals surface area contributed by atoms with E-state index in [2.05, 4.69) is 5.32 Å². The first-order valence-corrected chi connectivity index (χ1v) is 6.57. The van der Waals surface area contributed by atoms with Gasteiger partial charge in [0.15, 0.2) is 0 Å². The maximum absolute atomic E-state index is 12.6. The number of para-hydroxylation sites is 1. The summed E-state index contributed by atoms with van der Waals surface area (Å²) in [7, 11) is 0. The van der Waals surface area contributed by atoms with E-state index < -0.39 is 11.7 Å². The number of nitrogens with one attached hydrogen (secondary N) is 1. The Kier molecular flexibility index (Phi) is 4.47. The molecule has 3 N–H and O–H groups in total. The van der Waals surface area contributed by atoms with Gasteiger partial charge in [0.2, 0.25) is 0 Å². The molecule has 0 saturated heterocycles. The molecule has 0 fully saturated rings. The molecule has 0 atom stereocenters. The van der Waals surface area contributed by atoms with E-state index >= 15 is 0 Å². The van der Waals surface area contributed by atoms with Gasteiger partial charge in [-0.3, -0.25) is 0 Å². The smallest absolute Gasteiger partial charge is 0.389 e. The van der Waals surface area contributed by atoms with Crippen LogP contribution < -0.4 is 11.1 Å². The highest BCUT2D eigenvalue weighted by Gasteiger charge is 2.30. The Morgan fingerprint density at radius 2 is 1.81 bits per heavy atom. The average Bonchev–Trinajstić information content (AvgIpc) is 2.45. The summed E-state index contributed by atoms with van der Waals surface area (Å²) in [4.78, 5) is 0.238. The van der Waals surface area contributed by atoms with Crippen LogP contribution >= 0.6 is 12.2 Å². The fourth-order valence-corrected chi connectivity index (χ4v) is 2.09. The molecule has 0 amide bonds. The predicted octanol–water partition coefficient (Wildman–Crippen LogP) is 3.95. The van der Waals surface area contributed by atoms with Crippen molar-refractivity contribution in [2.24, 2.45) is 5.73 Å². The Bertz CT molecular complexity index is 653. The molecule has 0 aliphatic carbocycles. The molecule has 0 aliphatic rings. The van der Waals surface area contributed by atoms with Crippen LogP contribution in [0.5, 0.6) is 0 Å². The molecule has 0 unspecified atom stereocenters. The predicted molar refractivity (Wildman–Crippen MR) is 81.1 cm³/mol. The van der Waals surface area contributed by atoms with E-state index in [0.29, 0.717) is 16.8 Å². The molecule has 0 radical (unpaired) electrons. The third-order valence-electron chi connectivity index (χ3n) is 2.93. The van der Waals surface area contributed by atoms with Crippen molar-refractivity contribution in [1.82, 2.24) is 0 Å². The molecule has 0 spiro atoms. The number of halogens is 3. The van der Waals surface area contributed by atoms with Gasteiger partial charge in [-0.25, -0.2) is 0 Å². The Morgan fingerprint density at radius 3 is 2.48 bits per heavy atom. The van der Waals surface area contributed by atoms with E-state index in [9.17, 15) is 13.2 Å². The first kappa shape index (κ1) is 15.3. The summed E-state index contributed by atoms with van der Waals surface area (Å²) in [6, 6.07) is 12.3. The summed E-state index contributed by atoms with van der Waals surface area (Å²) in [6.45, 7) is 0.254. The van der Waals surface area contributed by atoms with Crippen molar-refractivity contribution < 1.29 is 13.2 Å². The van der Waals surface area contributed by atoms with Gasteiger partial charge in [-0.05, 0) is 29.8 Å². The highest BCUT2D eigenvalue weighted by atomic mass is 32.1. The topological polar surface area (TPSA) is 38.0 Å². The van der Waals surface area contributed by atoms with Gasteiger partial charge in [0.1, 0.15) is 4.99 Å². The molecule has 110 valence electrons. The largest absolute Gasteiger partial charge is 0.416 e. The number of hydrogen-bond acceptors (Lipinski definition) is 2. The third-order valence-corrected chi connectivity index (χ3v) is 3.15. The number of anilines is 1. The zero-order valence-corrected chi connectivity index (χ0v) is 11.8. The second-order valence-corrected chi connectivity index (χ2v) is 4.90. The highest BCUT2D eigenvalue weighted by Crippen LogP contribution is 2.29. The molecule has 2 rings (SSSR count). The summed E-state index contributed by atoms with van der Waals surface area (Å²) in [5.41, 5.74) is 6.84. The molecular formula is C15H13F3N2S. The lowest BCUT2D eigenvalue weighted by Crippen LogP contribution is -2.13. The maximum atomic E-state index is 12.6. The first-order chi connectivity index (χ1) is 9.88. The summed E-state index contributed by atoms with van der Waals surface area (Å²) in [6.07, 6.45) is -4.34. The maximum Gasteiger partial charge on any atom is 0.416 e. The quantitative estimate of drug-likeness (QED) is 0.840. The van der Waals surface area contributed by atoms with E-state index in [1.165, 1.54) is 6.07 Å². The molecule has 2 aromatic carbocycles. The van der Waals surface area contributed by atoms with Crippen LogP contribution in [0.25, 0.3) is 0 Å². The molecule has 2 nitrogen and oxygen atoms in total. The summed E-state index contributed by atoms with van der Waals surface area (Å²) in [5.74, 6) is 0. The molecule has 0 bridgehead atoms. The number of benzene rings is 2. The normalized spacial score (nSPS) is 11.2. The van der Waals surface area contributed by atoms with Crippen molar-refractivity contribution in [3.8, 4) is 0 Å². The lowest BCUT2D eigenvalue weighted by atomic mass is 10.1. The SMILES string of the molecule is NC(=S)c1ccccc1NCc1cccc(C(F)(F)F)c1. The Hall–Kier alpha value is -2.08. The van der Waals surface area contributed by atoms with Crippen molar-refractivity contribution in [2.75, 3.05) is 5.32 Å². The van der Waals surface area contributed by atoms with E-state index in [1.54, 1.807) is 30.3 Å². The van der Waals surface area contributed by atoms with Gasteiger partial charge in [-0.15, -0.1) is 0 Å². The van der Waals surface area contributed by atoms with Crippen LogP contribution in [0.2, 0.25) is 0 Å². The van der Waals surface area contributed by atoms with E-state index in [-0.39, 0.29) is 11.5 Å². The summed E-state index contributed by atoms with van der Waals surface area (Å²) < 4.78 is 37.9. The Labute approximate surface area is 125 Å². The highest BCUT2D eigenvalue weighted by molar-refractivity contribution is 7.80. The lowest BCUT2D eigenvalue weighted by Gasteiger charge is -2.12. The zero-order valence-electron chi connectivity index (χ0n) is 10.9. The third kappa shape index (κ3) is 3.95. The fourth-order valence-electron chi connectivity index (χ4n) is 1.91. The van der Waals surface area contributed by atoms with Crippen LogP contribution in [-0.2, 0) is 12.7 Å². The van der Waals surface area contributed by atoms with Crippen molar-refractivity contribution in [1.29, 1.82) is 0 Å². The van der Waals surface area contributed by atoms with Crippen molar-refractivity contribution >= 4 is 22.9 Å². The van der Waals surface area contributed by atoms with Gasteiger partial charge < -0.3 is 11.1 Å². The van der Waals surface area contributed by atoms with Crippen LogP contribution in [0.3, 0.4) is 0 Å². The Balaban J connectivity index is 2.16. The van der Waals surface area contributed by atoms with Gasteiger partial charge in [0, 0.05) is 17.8 Å². The standard InChI is InChI=1S/C15H13F3N2S/c16-15(17,18)11-5-3-4-10(8-11)9-20-13-7-2-1-6-12(13)14(19)21/h1-8,20H,9H2,(H2,19,21). The molecule has 0 heterocycles. The van der Waals surface area contributed by atoms with Crippen LogP contribution in [-0.4, -0.2) is 4.99 Å². The minimum atomic E-state index is -4.34. The van der Waals surface area contributed by atoms with Crippen LogP contribution in [0.15, 0.2) is 48.5 Å². The summed E-state index contributed by atoms with van der Waals surface area (Å²) in [5, 5.41) is 3.05. The second-order valence-electron chi connectivity index (χ2n) is 4.46. The number of nitrogens with two attached hydrogens (primary N) is 1. The summed E-state index contributed by atoms with van der Waals surface area (Å²) >= 11 is 4.94.